The van der Waals surface area contributed by atoms with Crippen LogP contribution in [0.1, 0.15) is 19.4 Å². The normalized spacial score (nSPS) is 10.6. The summed E-state index contributed by atoms with van der Waals surface area (Å²) in [5.74, 6) is 1.35. The van der Waals surface area contributed by atoms with E-state index in [0.29, 0.717) is 5.75 Å². The predicted octanol–water partition coefficient (Wildman–Crippen LogP) is 2.79. The lowest BCUT2D eigenvalue weighted by Crippen LogP contribution is -2.31. The van der Waals surface area contributed by atoms with Crippen LogP contribution in [0.3, 0.4) is 0 Å². The van der Waals surface area contributed by atoms with Crippen molar-refractivity contribution in [3.63, 3.8) is 0 Å². The summed E-state index contributed by atoms with van der Waals surface area (Å²) in [6, 6.07) is 6.07. The molecule has 94 valence electrons. The number of nitrogens with one attached hydrogen (secondary N) is 1. The SMILES string of the molecule is CC(C)NC(=O)CSCc1ccc(Br)c(N)c1. The van der Waals surface area contributed by atoms with Crippen LogP contribution in [-0.4, -0.2) is 17.7 Å². The van der Waals surface area contributed by atoms with E-state index in [-0.39, 0.29) is 11.9 Å². The van der Waals surface area contributed by atoms with Crippen molar-refractivity contribution in [2.45, 2.75) is 25.6 Å². The molecule has 0 fully saturated rings. The molecule has 1 aromatic carbocycles. The van der Waals surface area contributed by atoms with Crippen LogP contribution in [0.25, 0.3) is 0 Å². The minimum atomic E-state index is 0.0788. The second-order valence-electron chi connectivity index (χ2n) is 4.07. The molecule has 1 rings (SSSR count). The number of anilines is 1. The Hall–Kier alpha value is -0.680. The zero-order valence-electron chi connectivity index (χ0n) is 10.00. The van der Waals surface area contributed by atoms with Crippen LogP contribution in [0.2, 0.25) is 0 Å². The van der Waals surface area contributed by atoms with E-state index in [0.717, 1.165) is 21.5 Å². The first-order chi connectivity index (χ1) is 7.99. The van der Waals surface area contributed by atoms with Gasteiger partial charge in [0.25, 0.3) is 0 Å². The molecule has 0 aliphatic heterocycles. The van der Waals surface area contributed by atoms with Crippen LogP contribution in [0.15, 0.2) is 22.7 Å². The number of thioether (sulfide) groups is 1. The van der Waals surface area contributed by atoms with Gasteiger partial charge < -0.3 is 11.1 Å². The number of halogens is 1. The molecule has 0 saturated heterocycles. The average Bonchev–Trinajstić information content (AvgIpc) is 2.22. The lowest BCUT2D eigenvalue weighted by atomic mass is 10.2. The highest BCUT2D eigenvalue weighted by Gasteiger charge is 2.04. The molecule has 0 aliphatic rings. The first-order valence-corrected chi connectivity index (χ1v) is 7.35. The summed E-state index contributed by atoms with van der Waals surface area (Å²) in [4.78, 5) is 11.4. The average molecular weight is 317 g/mol. The van der Waals surface area contributed by atoms with Crippen LogP contribution < -0.4 is 11.1 Å². The van der Waals surface area contributed by atoms with Gasteiger partial charge in [0.1, 0.15) is 0 Å². The van der Waals surface area contributed by atoms with Crippen LogP contribution in [0.5, 0.6) is 0 Å². The number of nitrogen functional groups attached to an aromatic ring is 1. The molecule has 17 heavy (non-hydrogen) atoms. The molecular formula is C12H17BrN2OS. The number of carbonyl (C=O) groups excluding carboxylic acids is 1. The highest BCUT2D eigenvalue weighted by Crippen LogP contribution is 2.22. The number of rotatable bonds is 5. The number of nitrogens with two attached hydrogens (primary N) is 1. The van der Waals surface area contributed by atoms with E-state index in [1.54, 1.807) is 11.8 Å². The lowest BCUT2D eigenvalue weighted by molar-refractivity contribution is -0.119. The van der Waals surface area contributed by atoms with Crippen molar-refractivity contribution in [2.24, 2.45) is 0 Å². The zero-order chi connectivity index (χ0) is 12.8. The summed E-state index contributed by atoms with van der Waals surface area (Å²) in [6.07, 6.45) is 0. The van der Waals surface area contributed by atoms with Crippen LogP contribution in [-0.2, 0) is 10.5 Å². The molecule has 0 saturated carbocycles. The smallest absolute Gasteiger partial charge is 0.230 e. The van der Waals surface area contributed by atoms with Gasteiger partial charge in [-0.1, -0.05) is 6.07 Å². The summed E-state index contributed by atoms with van der Waals surface area (Å²) in [6.45, 7) is 3.91. The molecule has 0 radical (unpaired) electrons. The number of hydrogen-bond acceptors (Lipinski definition) is 3. The minimum Gasteiger partial charge on any atom is -0.398 e. The molecule has 0 heterocycles. The topological polar surface area (TPSA) is 55.1 Å². The minimum absolute atomic E-state index is 0.0788. The molecule has 0 aliphatic carbocycles. The van der Waals surface area contributed by atoms with Gasteiger partial charge in [0.05, 0.1) is 5.75 Å². The third-order valence-corrected chi connectivity index (χ3v) is 3.74. The molecule has 3 nitrogen and oxygen atoms in total. The maximum absolute atomic E-state index is 11.4. The predicted molar refractivity (Wildman–Crippen MR) is 78.0 cm³/mol. The van der Waals surface area contributed by atoms with E-state index in [2.05, 4.69) is 21.2 Å². The van der Waals surface area contributed by atoms with Crippen molar-refractivity contribution in [3.8, 4) is 0 Å². The molecule has 0 spiro atoms. The van der Waals surface area contributed by atoms with Gasteiger partial charge in [-0.2, -0.15) is 0 Å². The monoisotopic (exact) mass is 316 g/mol. The summed E-state index contributed by atoms with van der Waals surface area (Å²) < 4.78 is 0.906. The fraction of sp³-hybridized carbons (Fsp3) is 0.417. The summed E-state index contributed by atoms with van der Waals surface area (Å²) in [7, 11) is 0. The van der Waals surface area contributed by atoms with Crippen molar-refractivity contribution in [2.75, 3.05) is 11.5 Å². The van der Waals surface area contributed by atoms with Crippen molar-refractivity contribution < 1.29 is 4.79 Å². The van der Waals surface area contributed by atoms with Crippen LogP contribution >= 0.6 is 27.7 Å². The summed E-state index contributed by atoms with van der Waals surface area (Å²) in [5.41, 5.74) is 7.65. The molecule has 5 heteroatoms. The van der Waals surface area contributed by atoms with Gasteiger partial charge >= 0.3 is 0 Å². The molecule has 0 aromatic heterocycles. The third kappa shape index (κ3) is 5.46. The van der Waals surface area contributed by atoms with Gasteiger partial charge in [-0.05, 0) is 47.5 Å². The van der Waals surface area contributed by atoms with Crippen molar-refractivity contribution >= 4 is 39.3 Å². The highest BCUT2D eigenvalue weighted by molar-refractivity contribution is 9.10. The van der Waals surface area contributed by atoms with E-state index >= 15 is 0 Å². The van der Waals surface area contributed by atoms with E-state index in [1.807, 2.05) is 32.0 Å². The van der Waals surface area contributed by atoms with Crippen LogP contribution in [0.4, 0.5) is 5.69 Å². The van der Waals surface area contributed by atoms with E-state index in [1.165, 1.54) is 0 Å². The van der Waals surface area contributed by atoms with E-state index < -0.39 is 0 Å². The Labute approximate surface area is 115 Å². The Morgan fingerprint density at radius 2 is 2.24 bits per heavy atom. The molecule has 1 amide bonds. The largest absolute Gasteiger partial charge is 0.398 e. The Kier molecular flexibility index (Phi) is 5.85. The van der Waals surface area contributed by atoms with Gasteiger partial charge in [0, 0.05) is 22.0 Å². The maximum atomic E-state index is 11.4. The molecule has 1 aromatic rings. The fourth-order valence-electron chi connectivity index (χ4n) is 1.31. The Morgan fingerprint density at radius 1 is 1.53 bits per heavy atom. The fourth-order valence-corrected chi connectivity index (χ4v) is 2.34. The quantitative estimate of drug-likeness (QED) is 0.821. The maximum Gasteiger partial charge on any atom is 0.230 e. The molecule has 0 bridgehead atoms. The standard InChI is InChI=1S/C12H17BrN2OS/c1-8(2)15-12(16)7-17-6-9-3-4-10(13)11(14)5-9/h3-5,8H,6-7,14H2,1-2H3,(H,15,16). The molecule has 0 unspecified atom stereocenters. The molecule has 3 N–H and O–H groups in total. The second kappa shape index (κ2) is 6.91. The lowest BCUT2D eigenvalue weighted by Gasteiger charge is -2.08. The first-order valence-electron chi connectivity index (χ1n) is 5.40. The molecule has 0 atom stereocenters. The van der Waals surface area contributed by atoms with Gasteiger partial charge in [-0.25, -0.2) is 0 Å². The van der Waals surface area contributed by atoms with Gasteiger partial charge in [-0.15, -0.1) is 11.8 Å². The zero-order valence-corrected chi connectivity index (χ0v) is 12.4. The van der Waals surface area contributed by atoms with Gasteiger partial charge in [0.15, 0.2) is 0 Å². The second-order valence-corrected chi connectivity index (χ2v) is 5.91. The van der Waals surface area contributed by atoms with Crippen molar-refractivity contribution in [1.82, 2.24) is 5.32 Å². The first kappa shape index (κ1) is 14.4. The summed E-state index contributed by atoms with van der Waals surface area (Å²) >= 11 is 4.94. The van der Waals surface area contributed by atoms with E-state index in [4.69, 9.17) is 5.73 Å². The Bertz CT molecular complexity index is 396. The van der Waals surface area contributed by atoms with Crippen molar-refractivity contribution in [3.05, 3.63) is 28.2 Å². The summed E-state index contributed by atoms with van der Waals surface area (Å²) in [5, 5.41) is 2.86. The number of carbonyl (C=O) groups is 1. The number of hydrogen-bond donors (Lipinski definition) is 2. The van der Waals surface area contributed by atoms with E-state index in [9.17, 15) is 4.79 Å². The van der Waals surface area contributed by atoms with Gasteiger partial charge in [0.2, 0.25) is 5.91 Å². The number of amides is 1. The van der Waals surface area contributed by atoms with Gasteiger partial charge in [-0.3, -0.25) is 4.79 Å². The molecular weight excluding hydrogens is 300 g/mol. The highest BCUT2D eigenvalue weighted by atomic mass is 79.9. The Morgan fingerprint density at radius 3 is 2.82 bits per heavy atom. The van der Waals surface area contributed by atoms with Crippen LogP contribution in [0, 0.1) is 0 Å². The Balaban J connectivity index is 2.36. The number of benzene rings is 1. The third-order valence-electron chi connectivity index (χ3n) is 2.01. The van der Waals surface area contributed by atoms with Crippen molar-refractivity contribution in [1.29, 1.82) is 0 Å².